The molecule has 0 unspecified atom stereocenters. The molecule has 0 spiro atoms. The Morgan fingerprint density at radius 3 is 1.75 bits per heavy atom. The molecule has 2 aromatic rings. The molecular formula is C23H39N. The third kappa shape index (κ3) is 8.01. The van der Waals surface area contributed by atoms with Crippen LogP contribution in [0.15, 0.2) is 49.6 Å². The van der Waals surface area contributed by atoms with Crippen LogP contribution >= 0.6 is 0 Å². The number of fused-ring (bicyclic) bond motifs is 1. The predicted octanol–water partition coefficient (Wildman–Crippen LogP) is 8.13. The Kier molecular flexibility index (Phi) is 21.3. The van der Waals surface area contributed by atoms with Crippen LogP contribution in [0.25, 0.3) is 23.1 Å². The van der Waals surface area contributed by atoms with E-state index in [-0.39, 0.29) is 0 Å². The quantitative estimate of drug-likeness (QED) is 0.490. The van der Waals surface area contributed by atoms with Crippen molar-refractivity contribution in [3.8, 4) is 0 Å². The normalized spacial score (nSPS) is 8.38. The first kappa shape index (κ1) is 26.9. The van der Waals surface area contributed by atoms with E-state index in [9.17, 15) is 0 Å². The molecule has 1 aromatic heterocycles. The summed E-state index contributed by atoms with van der Waals surface area (Å²) in [6.07, 6.45) is 7.86. The van der Waals surface area contributed by atoms with Crippen LogP contribution in [0.1, 0.15) is 66.6 Å². The molecule has 0 aliphatic carbocycles. The number of hydrogen-bond acceptors (Lipinski definition) is 0. The second kappa shape index (κ2) is 19.0. The molecule has 0 aliphatic heterocycles. The Hall–Kier alpha value is -2.02. The van der Waals surface area contributed by atoms with Crippen molar-refractivity contribution in [1.82, 2.24) is 4.57 Å². The van der Waals surface area contributed by atoms with Gasteiger partial charge >= 0.3 is 0 Å². The molecule has 0 aliphatic rings. The van der Waals surface area contributed by atoms with Gasteiger partial charge in [-0.3, -0.25) is 0 Å². The Balaban J connectivity index is -0.000000422. The zero-order valence-electron chi connectivity index (χ0n) is 17.5. The highest BCUT2D eigenvalue weighted by Gasteiger charge is 2.08. The van der Waals surface area contributed by atoms with Crippen molar-refractivity contribution in [2.75, 3.05) is 0 Å². The second-order valence-electron chi connectivity index (χ2n) is 3.99. The van der Waals surface area contributed by atoms with Crippen LogP contribution < -0.4 is 0 Å². The van der Waals surface area contributed by atoms with Gasteiger partial charge in [0.15, 0.2) is 0 Å². The number of aryl methyl sites for hydroxylation is 1. The second-order valence-corrected chi connectivity index (χ2v) is 3.99. The van der Waals surface area contributed by atoms with E-state index in [1.54, 1.807) is 6.08 Å². The summed E-state index contributed by atoms with van der Waals surface area (Å²) in [5.41, 5.74) is 3.68. The van der Waals surface area contributed by atoms with E-state index < -0.39 is 0 Å². The number of aromatic nitrogens is 1. The monoisotopic (exact) mass is 329 g/mol. The molecule has 1 aromatic carbocycles. The van der Waals surface area contributed by atoms with E-state index in [2.05, 4.69) is 61.2 Å². The molecule has 2 rings (SSSR count). The van der Waals surface area contributed by atoms with Crippen LogP contribution in [0.2, 0.25) is 0 Å². The molecule has 1 nitrogen and oxygen atoms in total. The van der Waals surface area contributed by atoms with Gasteiger partial charge in [-0.25, -0.2) is 0 Å². The van der Waals surface area contributed by atoms with Gasteiger partial charge in [-0.05, 0) is 26.0 Å². The lowest BCUT2D eigenvalue weighted by atomic mass is 10.1. The predicted molar refractivity (Wildman–Crippen MR) is 118 cm³/mol. The lowest BCUT2D eigenvalue weighted by molar-refractivity contribution is 0.953. The summed E-state index contributed by atoms with van der Waals surface area (Å²) in [4.78, 5) is 0. The summed E-state index contributed by atoms with van der Waals surface area (Å²) in [6.45, 7) is 23.2. The van der Waals surface area contributed by atoms with Crippen molar-refractivity contribution in [3.63, 3.8) is 0 Å². The van der Waals surface area contributed by atoms with Crippen LogP contribution in [-0.4, -0.2) is 4.57 Å². The lowest BCUT2D eigenvalue weighted by Crippen LogP contribution is -1.90. The number of rotatable bonds is 2. The maximum atomic E-state index is 3.88. The van der Waals surface area contributed by atoms with E-state index in [1.807, 2.05) is 61.5 Å². The van der Waals surface area contributed by atoms with E-state index in [0.717, 1.165) is 0 Å². The van der Waals surface area contributed by atoms with Gasteiger partial charge in [0.2, 0.25) is 0 Å². The van der Waals surface area contributed by atoms with Crippen LogP contribution in [-0.2, 0) is 7.05 Å². The van der Waals surface area contributed by atoms with Gasteiger partial charge in [0.1, 0.15) is 0 Å². The minimum atomic E-state index is 1.18. The van der Waals surface area contributed by atoms with Gasteiger partial charge in [-0.15, -0.1) is 6.58 Å². The molecule has 0 fully saturated rings. The van der Waals surface area contributed by atoms with Crippen LogP contribution in [0, 0.1) is 0 Å². The summed E-state index contributed by atoms with van der Waals surface area (Å²) in [6, 6.07) is 8.42. The molecular weight excluding hydrogens is 290 g/mol. The topological polar surface area (TPSA) is 4.93 Å². The highest BCUT2D eigenvalue weighted by Crippen LogP contribution is 2.27. The average Bonchev–Trinajstić information content (AvgIpc) is 2.93. The Morgan fingerprint density at radius 2 is 1.33 bits per heavy atom. The Morgan fingerprint density at radius 1 is 0.875 bits per heavy atom. The van der Waals surface area contributed by atoms with Crippen molar-refractivity contribution in [3.05, 3.63) is 60.8 Å². The third-order valence-electron chi connectivity index (χ3n) is 2.72. The Bertz CT molecular complexity index is 571. The average molecular weight is 330 g/mol. The minimum absolute atomic E-state index is 1.18. The van der Waals surface area contributed by atoms with E-state index in [1.165, 1.54) is 22.2 Å². The minimum Gasteiger partial charge on any atom is -0.344 e. The summed E-state index contributed by atoms with van der Waals surface area (Å²) < 4.78 is 2.18. The van der Waals surface area contributed by atoms with Gasteiger partial charge in [0, 0.05) is 29.2 Å². The number of allylic oxidation sites excluding steroid dienone is 2. The molecule has 0 saturated heterocycles. The molecule has 0 bridgehead atoms. The van der Waals surface area contributed by atoms with Gasteiger partial charge in [0.05, 0.1) is 0 Å². The third-order valence-corrected chi connectivity index (χ3v) is 2.72. The number of nitrogens with zero attached hydrogens (tertiary/aromatic N) is 1. The molecule has 136 valence electrons. The molecule has 1 heteroatoms. The molecule has 1 heterocycles. The van der Waals surface area contributed by atoms with E-state index >= 15 is 0 Å². The van der Waals surface area contributed by atoms with Gasteiger partial charge in [-0.2, -0.15) is 0 Å². The first-order valence-corrected chi connectivity index (χ1v) is 9.10. The number of benzene rings is 1. The summed E-state index contributed by atoms with van der Waals surface area (Å²) in [5, 5.41) is 1.29. The maximum Gasteiger partial charge on any atom is 0.0488 e. The van der Waals surface area contributed by atoms with Crippen LogP contribution in [0.4, 0.5) is 0 Å². The molecule has 0 saturated carbocycles. The van der Waals surface area contributed by atoms with Crippen LogP contribution in [0.3, 0.4) is 0 Å². The summed E-state index contributed by atoms with van der Waals surface area (Å²) in [5.74, 6) is 0. The first-order valence-electron chi connectivity index (χ1n) is 9.10. The van der Waals surface area contributed by atoms with Crippen molar-refractivity contribution in [1.29, 1.82) is 0 Å². The van der Waals surface area contributed by atoms with Gasteiger partial charge < -0.3 is 4.57 Å². The van der Waals surface area contributed by atoms with Crippen molar-refractivity contribution in [2.24, 2.45) is 7.05 Å². The summed E-state index contributed by atoms with van der Waals surface area (Å²) >= 11 is 0. The smallest absolute Gasteiger partial charge is 0.0488 e. The van der Waals surface area contributed by atoms with Crippen molar-refractivity contribution in [2.45, 2.75) is 55.4 Å². The van der Waals surface area contributed by atoms with E-state index in [4.69, 9.17) is 0 Å². The molecule has 0 amide bonds. The molecule has 0 N–H and O–H groups in total. The molecule has 0 atom stereocenters. The lowest BCUT2D eigenvalue weighted by Gasteiger charge is -1.98. The first-order chi connectivity index (χ1) is 11.7. The standard InChI is InChI=1S/C14H15N.C3H6.3C2H6/c1-4-8-11-12-9-6-7-10-14(12)15(3)13(11)5-2;1-3-2;3*1-2/h4-10H,2H2,1,3H3;3H,1H2,2H3;3*1-2H3/b8-4-;;;;. The largest absolute Gasteiger partial charge is 0.344 e. The fourth-order valence-corrected chi connectivity index (χ4v) is 2.03. The highest BCUT2D eigenvalue weighted by molar-refractivity contribution is 5.93. The van der Waals surface area contributed by atoms with Crippen molar-refractivity contribution < 1.29 is 0 Å². The SMILES string of the molecule is C=CC.C=Cc1c(/C=C\C)c2ccccc2n1C.CC.CC.CC. The molecule has 0 radical (unpaired) electrons. The maximum absolute atomic E-state index is 3.88. The van der Waals surface area contributed by atoms with Crippen molar-refractivity contribution >= 4 is 23.1 Å². The van der Waals surface area contributed by atoms with Crippen LogP contribution in [0.5, 0.6) is 0 Å². The number of hydrogen-bond donors (Lipinski definition) is 0. The zero-order chi connectivity index (χ0) is 19.5. The van der Waals surface area contributed by atoms with Gasteiger partial charge in [-0.1, -0.05) is 84.5 Å². The zero-order valence-corrected chi connectivity index (χ0v) is 17.5. The fourth-order valence-electron chi connectivity index (χ4n) is 2.03. The highest BCUT2D eigenvalue weighted by atomic mass is 14.9. The Labute approximate surface area is 151 Å². The summed E-state index contributed by atoms with van der Waals surface area (Å²) in [7, 11) is 2.08. The molecule has 24 heavy (non-hydrogen) atoms. The van der Waals surface area contributed by atoms with Gasteiger partial charge in [0.25, 0.3) is 0 Å². The van der Waals surface area contributed by atoms with E-state index in [0.29, 0.717) is 0 Å². The fraction of sp³-hybridized carbons (Fsp3) is 0.391. The number of para-hydroxylation sites is 1.